The highest BCUT2D eigenvalue weighted by molar-refractivity contribution is 8.26. The van der Waals surface area contributed by atoms with Crippen molar-refractivity contribution in [3.8, 4) is 0 Å². The number of piperidine rings is 1. The first kappa shape index (κ1) is 18.6. The fourth-order valence-corrected chi connectivity index (χ4v) is 5.33. The summed E-state index contributed by atoms with van der Waals surface area (Å²) in [5, 5.41) is 1.98. The molecule has 1 aromatic heterocycles. The van der Waals surface area contributed by atoms with Crippen molar-refractivity contribution in [1.82, 2.24) is 9.80 Å². The van der Waals surface area contributed by atoms with Crippen LogP contribution >= 0.6 is 35.3 Å². The topological polar surface area (TPSA) is 40.6 Å². The number of hydrogen-bond donors (Lipinski definition) is 0. The van der Waals surface area contributed by atoms with Crippen LogP contribution in [0.5, 0.6) is 0 Å². The van der Waals surface area contributed by atoms with Crippen LogP contribution in [-0.4, -0.2) is 45.1 Å². The van der Waals surface area contributed by atoms with Crippen LogP contribution < -0.4 is 0 Å². The molecular formula is C18H22N2O2S3. The number of amides is 2. The zero-order valence-corrected chi connectivity index (χ0v) is 16.7. The molecule has 0 aromatic carbocycles. The lowest BCUT2D eigenvalue weighted by atomic mass is 9.99. The molecule has 2 aliphatic rings. The van der Waals surface area contributed by atoms with Crippen LogP contribution in [0.1, 0.15) is 43.9 Å². The van der Waals surface area contributed by atoms with Crippen LogP contribution in [0.4, 0.5) is 0 Å². The third-order valence-electron chi connectivity index (χ3n) is 4.66. The highest BCUT2D eigenvalue weighted by Gasteiger charge is 2.33. The molecule has 4 nitrogen and oxygen atoms in total. The van der Waals surface area contributed by atoms with Crippen molar-refractivity contribution in [2.75, 3.05) is 13.1 Å². The van der Waals surface area contributed by atoms with Gasteiger partial charge in [-0.15, -0.1) is 11.3 Å². The fraction of sp³-hybridized carbons (Fsp3) is 0.500. The molecule has 0 unspecified atom stereocenters. The van der Waals surface area contributed by atoms with E-state index in [4.69, 9.17) is 12.2 Å². The van der Waals surface area contributed by atoms with Gasteiger partial charge in [0, 0.05) is 30.4 Å². The predicted octanol–water partition coefficient (Wildman–Crippen LogP) is 4.13. The summed E-state index contributed by atoms with van der Waals surface area (Å²) < 4.78 is 0.547. The maximum absolute atomic E-state index is 12.6. The molecular weight excluding hydrogens is 372 g/mol. The average Bonchev–Trinajstić information content (AvgIpc) is 3.22. The molecule has 2 saturated heterocycles. The van der Waals surface area contributed by atoms with E-state index in [0.717, 1.165) is 30.7 Å². The molecule has 3 heterocycles. The Hall–Kier alpha value is -1.18. The molecule has 2 amide bonds. The standard InChI is InChI=1S/C18H22N2O2S3/c1-2-13-6-3-4-9-19(13)16(21)8-10-20-17(22)15(25-18(20)23)12-14-7-5-11-24-14/h5,7,11-13H,2-4,6,8-10H2,1H3/b15-12+/t13-/m1/s1. The zero-order valence-electron chi connectivity index (χ0n) is 14.3. The van der Waals surface area contributed by atoms with Crippen molar-refractivity contribution >= 4 is 57.5 Å². The highest BCUT2D eigenvalue weighted by atomic mass is 32.2. The smallest absolute Gasteiger partial charge is 0.266 e. The van der Waals surface area contributed by atoms with Gasteiger partial charge in [-0.05, 0) is 43.2 Å². The highest BCUT2D eigenvalue weighted by Crippen LogP contribution is 2.33. The van der Waals surface area contributed by atoms with E-state index in [0.29, 0.717) is 28.2 Å². The lowest BCUT2D eigenvalue weighted by Crippen LogP contribution is -2.44. The van der Waals surface area contributed by atoms with Gasteiger partial charge < -0.3 is 4.90 Å². The van der Waals surface area contributed by atoms with E-state index in [2.05, 4.69) is 6.92 Å². The van der Waals surface area contributed by atoms with Crippen LogP contribution in [0.2, 0.25) is 0 Å². The van der Waals surface area contributed by atoms with Gasteiger partial charge in [-0.25, -0.2) is 0 Å². The van der Waals surface area contributed by atoms with Crippen molar-refractivity contribution < 1.29 is 9.59 Å². The Kier molecular flexibility index (Phi) is 6.30. The minimum Gasteiger partial charge on any atom is -0.340 e. The maximum atomic E-state index is 12.6. The molecule has 0 spiro atoms. The number of rotatable bonds is 5. The summed E-state index contributed by atoms with van der Waals surface area (Å²) in [6.45, 7) is 3.35. The number of carbonyl (C=O) groups excluding carboxylic acids is 2. The van der Waals surface area contributed by atoms with Gasteiger partial charge in [-0.2, -0.15) is 0 Å². The maximum Gasteiger partial charge on any atom is 0.266 e. The minimum atomic E-state index is -0.0816. The molecule has 2 aliphatic heterocycles. The summed E-state index contributed by atoms with van der Waals surface area (Å²) in [5.74, 6) is 0.0599. The van der Waals surface area contributed by atoms with E-state index >= 15 is 0 Å². The van der Waals surface area contributed by atoms with E-state index in [1.165, 1.54) is 18.2 Å². The number of carbonyl (C=O) groups is 2. The van der Waals surface area contributed by atoms with Crippen LogP contribution in [0.25, 0.3) is 6.08 Å². The lowest BCUT2D eigenvalue weighted by Gasteiger charge is -2.35. The van der Waals surface area contributed by atoms with Gasteiger partial charge in [0.25, 0.3) is 5.91 Å². The number of likely N-dealkylation sites (tertiary alicyclic amines) is 1. The summed E-state index contributed by atoms with van der Waals surface area (Å²) in [6.07, 6.45) is 6.58. The Balaban J connectivity index is 1.60. The molecule has 0 bridgehead atoms. The zero-order chi connectivity index (χ0) is 17.8. The Labute approximate surface area is 162 Å². The van der Waals surface area contributed by atoms with Crippen molar-refractivity contribution in [3.63, 3.8) is 0 Å². The summed E-state index contributed by atoms with van der Waals surface area (Å²) in [5.41, 5.74) is 0. The summed E-state index contributed by atoms with van der Waals surface area (Å²) in [6, 6.07) is 4.28. The molecule has 1 aromatic rings. The lowest BCUT2D eigenvalue weighted by molar-refractivity contribution is -0.135. The number of thiocarbonyl (C=S) groups is 1. The fourth-order valence-electron chi connectivity index (χ4n) is 3.30. The van der Waals surface area contributed by atoms with Crippen LogP contribution in [0.3, 0.4) is 0 Å². The Morgan fingerprint density at radius 2 is 2.28 bits per heavy atom. The van der Waals surface area contributed by atoms with E-state index in [1.54, 1.807) is 16.2 Å². The van der Waals surface area contributed by atoms with Gasteiger partial charge in [0.2, 0.25) is 5.91 Å². The number of thiophene rings is 1. The first-order valence-electron chi connectivity index (χ1n) is 8.68. The summed E-state index contributed by atoms with van der Waals surface area (Å²) >= 11 is 8.26. The normalized spacial score (nSPS) is 22.9. The van der Waals surface area contributed by atoms with E-state index in [9.17, 15) is 9.59 Å². The van der Waals surface area contributed by atoms with Crippen molar-refractivity contribution in [2.24, 2.45) is 0 Å². The Bertz CT molecular complexity index is 685. The van der Waals surface area contributed by atoms with E-state index < -0.39 is 0 Å². The first-order chi connectivity index (χ1) is 12.1. The molecule has 0 N–H and O–H groups in total. The van der Waals surface area contributed by atoms with E-state index in [1.807, 2.05) is 28.5 Å². The molecule has 25 heavy (non-hydrogen) atoms. The third kappa shape index (κ3) is 4.33. The molecule has 1 atom stereocenters. The predicted molar refractivity (Wildman–Crippen MR) is 108 cm³/mol. The van der Waals surface area contributed by atoms with Gasteiger partial charge in [0.15, 0.2) is 0 Å². The quantitative estimate of drug-likeness (QED) is 0.556. The van der Waals surface area contributed by atoms with Crippen molar-refractivity contribution in [2.45, 2.75) is 45.1 Å². The molecule has 3 rings (SSSR count). The molecule has 2 fully saturated rings. The summed E-state index contributed by atoms with van der Waals surface area (Å²) in [4.78, 5) is 30.4. The molecule has 0 radical (unpaired) electrons. The average molecular weight is 395 g/mol. The third-order valence-corrected chi connectivity index (χ3v) is 6.86. The monoisotopic (exact) mass is 394 g/mol. The van der Waals surface area contributed by atoms with Gasteiger partial charge in [0.05, 0.1) is 4.91 Å². The summed E-state index contributed by atoms with van der Waals surface area (Å²) in [7, 11) is 0. The van der Waals surface area contributed by atoms with Crippen LogP contribution in [0.15, 0.2) is 22.4 Å². The first-order valence-corrected chi connectivity index (χ1v) is 10.8. The molecule has 0 aliphatic carbocycles. The molecule has 7 heteroatoms. The van der Waals surface area contributed by atoms with Gasteiger partial charge in [-0.1, -0.05) is 37.0 Å². The number of hydrogen-bond acceptors (Lipinski definition) is 5. The Morgan fingerprint density at radius 3 is 3.00 bits per heavy atom. The molecule has 0 saturated carbocycles. The SMILES string of the molecule is CC[C@@H]1CCCCN1C(=O)CCN1C(=O)/C(=C\c2cccs2)SC1=S. The second kappa shape index (κ2) is 8.47. The van der Waals surface area contributed by atoms with Gasteiger partial charge >= 0.3 is 0 Å². The van der Waals surface area contributed by atoms with Crippen LogP contribution in [-0.2, 0) is 9.59 Å². The second-order valence-corrected chi connectivity index (χ2v) is 8.90. The van der Waals surface area contributed by atoms with Crippen molar-refractivity contribution in [3.05, 3.63) is 27.3 Å². The number of thioether (sulfide) groups is 1. The van der Waals surface area contributed by atoms with Crippen molar-refractivity contribution in [1.29, 1.82) is 0 Å². The minimum absolute atomic E-state index is 0.0816. The largest absolute Gasteiger partial charge is 0.340 e. The van der Waals surface area contributed by atoms with E-state index in [-0.39, 0.29) is 11.8 Å². The van der Waals surface area contributed by atoms with Gasteiger partial charge in [0.1, 0.15) is 4.32 Å². The number of nitrogens with zero attached hydrogens (tertiary/aromatic N) is 2. The van der Waals surface area contributed by atoms with Crippen LogP contribution in [0, 0.1) is 0 Å². The van der Waals surface area contributed by atoms with Gasteiger partial charge in [-0.3, -0.25) is 14.5 Å². The molecule has 134 valence electrons. The Morgan fingerprint density at radius 1 is 1.44 bits per heavy atom. The second-order valence-electron chi connectivity index (χ2n) is 6.24.